The van der Waals surface area contributed by atoms with Crippen molar-refractivity contribution in [1.82, 2.24) is 5.32 Å². The van der Waals surface area contributed by atoms with Crippen molar-refractivity contribution < 1.29 is 0 Å². The summed E-state index contributed by atoms with van der Waals surface area (Å²) in [7, 11) is 0. The Kier molecular flexibility index (Phi) is 3.05. The van der Waals surface area contributed by atoms with Crippen molar-refractivity contribution in [2.45, 2.75) is 44.7 Å². The lowest BCUT2D eigenvalue weighted by Gasteiger charge is -2.32. The van der Waals surface area contributed by atoms with E-state index in [2.05, 4.69) is 32.7 Å². The Balaban J connectivity index is 1.39. The lowest BCUT2D eigenvalue weighted by Crippen LogP contribution is -2.38. The van der Waals surface area contributed by atoms with Gasteiger partial charge < -0.3 is 5.32 Å². The molecule has 5 unspecified atom stereocenters. The van der Waals surface area contributed by atoms with Crippen molar-refractivity contribution in [1.29, 1.82) is 0 Å². The van der Waals surface area contributed by atoms with Crippen LogP contribution in [0.15, 0.2) is 15.2 Å². The highest BCUT2D eigenvalue weighted by molar-refractivity contribution is 9.11. The fraction of sp³-hybridized carbons (Fsp3) is 0.733. The molecule has 3 aliphatic rings. The van der Waals surface area contributed by atoms with Gasteiger partial charge in [0.2, 0.25) is 0 Å². The highest BCUT2D eigenvalue weighted by Gasteiger charge is 2.53. The maximum absolute atomic E-state index is 3.84. The summed E-state index contributed by atoms with van der Waals surface area (Å²) in [5.74, 6) is 4.26. The topological polar surface area (TPSA) is 12.0 Å². The Labute approximate surface area is 121 Å². The molecule has 3 saturated carbocycles. The minimum absolute atomic E-state index is 0.813. The first-order valence-electron chi connectivity index (χ1n) is 7.27. The van der Waals surface area contributed by atoms with Gasteiger partial charge in [0.1, 0.15) is 0 Å². The molecule has 0 spiro atoms. The minimum Gasteiger partial charge on any atom is -0.310 e. The molecule has 0 amide bonds. The standard InChI is InChI=1S/C15H20BrNS/c16-15-4-9(8-18-15)7-17-14-6-10-5-13(14)12-3-1-2-11(10)12/h4,8,10-14,17H,1-3,5-7H2. The molecule has 98 valence electrons. The first-order chi connectivity index (χ1) is 8.81. The van der Waals surface area contributed by atoms with Crippen molar-refractivity contribution in [3.63, 3.8) is 0 Å². The van der Waals surface area contributed by atoms with E-state index < -0.39 is 0 Å². The molecule has 3 heteroatoms. The molecule has 0 saturated heterocycles. The van der Waals surface area contributed by atoms with Crippen molar-refractivity contribution in [2.24, 2.45) is 23.7 Å². The maximum atomic E-state index is 3.84. The predicted octanol–water partition coefficient (Wildman–Crippen LogP) is 4.42. The van der Waals surface area contributed by atoms with Crippen LogP contribution >= 0.6 is 27.3 Å². The van der Waals surface area contributed by atoms with E-state index in [0.29, 0.717) is 0 Å². The molecule has 0 aliphatic heterocycles. The zero-order chi connectivity index (χ0) is 12.1. The van der Waals surface area contributed by atoms with Crippen molar-refractivity contribution in [2.75, 3.05) is 0 Å². The number of fused-ring (bicyclic) bond motifs is 5. The average Bonchev–Trinajstić information content (AvgIpc) is 3.08. The third kappa shape index (κ3) is 1.90. The lowest BCUT2D eigenvalue weighted by molar-refractivity contribution is 0.208. The SMILES string of the molecule is Brc1cc(CNC2CC3CC2C2CCCC32)cs1. The Morgan fingerprint density at radius 3 is 2.94 bits per heavy atom. The van der Waals surface area contributed by atoms with Crippen LogP contribution in [-0.2, 0) is 6.54 Å². The van der Waals surface area contributed by atoms with E-state index in [1.165, 1.54) is 41.5 Å². The molecular weight excluding hydrogens is 306 g/mol. The van der Waals surface area contributed by atoms with E-state index in [1.807, 2.05) is 0 Å². The van der Waals surface area contributed by atoms with Gasteiger partial charge in [-0.15, -0.1) is 11.3 Å². The molecule has 4 rings (SSSR count). The molecule has 2 bridgehead atoms. The Bertz CT molecular complexity index is 443. The number of rotatable bonds is 3. The number of thiophene rings is 1. The number of halogens is 1. The van der Waals surface area contributed by atoms with Crippen LogP contribution in [0.1, 0.15) is 37.7 Å². The van der Waals surface area contributed by atoms with Crippen LogP contribution in [0.2, 0.25) is 0 Å². The summed E-state index contributed by atoms with van der Waals surface area (Å²) in [4.78, 5) is 0. The second kappa shape index (κ2) is 4.60. The molecule has 3 aliphatic carbocycles. The zero-order valence-corrected chi connectivity index (χ0v) is 13.0. The number of nitrogens with one attached hydrogen (secondary N) is 1. The Morgan fingerprint density at radius 1 is 1.22 bits per heavy atom. The molecule has 1 heterocycles. The summed E-state index contributed by atoms with van der Waals surface area (Å²) < 4.78 is 1.25. The van der Waals surface area contributed by atoms with E-state index in [9.17, 15) is 0 Å². The summed E-state index contributed by atoms with van der Waals surface area (Å²) in [5.41, 5.74) is 1.44. The molecule has 18 heavy (non-hydrogen) atoms. The van der Waals surface area contributed by atoms with E-state index in [0.717, 1.165) is 36.3 Å². The largest absolute Gasteiger partial charge is 0.310 e. The van der Waals surface area contributed by atoms with Crippen LogP contribution in [-0.4, -0.2) is 6.04 Å². The first kappa shape index (κ1) is 11.9. The van der Waals surface area contributed by atoms with Crippen LogP contribution < -0.4 is 5.32 Å². The highest BCUT2D eigenvalue weighted by atomic mass is 79.9. The third-order valence-electron chi connectivity index (χ3n) is 5.62. The molecule has 0 aromatic carbocycles. The van der Waals surface area contributed by atoms with Gasteiger partial charge in [-0.3, -0.25) is 0 Å². The van der Waals surface area contributed by atoms with Crippen LogP contribution in [0.25, 0.3) is 0 Å². The molecular formula is C15H20BrNS. The van der Waals surface area contributed by atoms with Crippen molar-refractivity contribution >= 4 is 27.3 Å². The van der Waals surface area contributed by atoms with Crippen molar-refractivity contribution in [3.05, 3.63) is 20.8 Å². The molecule has 1 N–H and O–H groups in total. The minimum atomic E-state index is 0.813. The van der Waals surface area contributed by atoms with E-state index in [-0.39, 0.29) is 0 Å². The normalized spacial score (nSPS) is 41.5. The molecule has 3 fully saturated rings. The van der Waals surface area contributed by atoms with Gasteiger partial charge in [0.25, 0.3) is 0 Å². The van der Waals surface area contributed by atoms with Gasteiger partial charge in [-0.25, -0.2) is 0 Å². The monoisotopic (exact) mass is 325 g/mol. The maximum Gasteiger partial charge on any atom is 0.0701 e. The van der Waals surface area contributed by atoms with Gasteiger partial charge in [-0.05, 0) is 82.3 Å². The Hall–Kier alpha value is 0.140. The molecule has 1 aromatic rings. The van der Waals surface area contributed by atoms with Gasteiger partial charge in [0.15, 0.2) is 0 Å². The lowest BCUT2D eigenvalue weighted by atomic mass is 9.79. The van der Waals surface area contributed by atoms with E-state index >= 15 is 0 Å². The van der Waals surface area contributed by atoms with E-state index in [4.69, 9.17) is 0 Å². The second-order valence-electron chi connectivity index (χ2n) is 6.40. The van der Waals surface area contributed by atoms with Gasteiger partial charge >= 0.3 is 0 Å². The summed E-state index contributed by atoms with van der Waals surface area (Å²) in [6.45, 7) is 1.06. The van der Waals surface area contributed by atoms with Gasteiger partial charge in [-0.1, -0.05) is 6.42 Å². The first-order valence-corrected chi connectivity index (χ1v) is 8.95. The smallest absolute Gasteiger partial charge is 0.0701 e. The van der Waals surface area contributed by atoms with Gasteiger partial charge in [0, 0.05) is 12.6 Å². The fourth-order valence-electron chi connectivity index (χ4n) is 4.99. The van der Waals surface area contributed by atoms with Crippen LogP contribution in [0.5, 0.6) is 0 Å². The number of hydrogen-bond donors (Lipinski definition) is 1. The van der Waals surface area contributed by atoms with Crippen LogP contribution in [0.3, 0.4) is 0 Å². The van der Waals surface area contributed by atoms with Gasteiger partial charge in [0.05, 0.1) is 3.79 Å². The summed E-state index contributed by atoms with van der Waals surface area (Å²) >= 11 is 5.34. The summed E-state index contributed by atoms with van der Waals surface area (Å²) in [6, 6.07) is 3.07. The fourth-order valence-corrected chi connectivity index (χ4v) is 6.20. The van der Waals surface area contributed by atoms with Crippen LogP contribution in [0, 0.1) is 23.7 Å². The van der Waals surface area contributed by atoms with E-state index in [1.54, 1.807) is 11.3 Å². The quantitative estimate of drug-likeness (QED) is 0.867. The molecule has 5 atom stereocenters. The van der Waals surface area contributed by atoms with Crippen molar-refractivity contribution in [3.8, 4) is 0 Å². The second-order valence-corrected chi connectivity index (χ2v) is 8.69. The Morgan fingerprint density at radius 2 is 2.11 bits per heavy atom. The van der Waals surface area contributed by atoms with Crippen LogP contribution in [0.4, 0.5) is 0 Å². The molecule has 0 radical (unpaired) electrons. The summed E-state index contributed by atoms with van der Waals surface area (Å²) in [5, 5.41) is 6.11. The predicted molar refractivity (Wildman–Crippen MR) is 79.7 cm³/mol. The summed E-state index contributed by atoms with van der Waals surface area (Å²) in [6.07, 6.45) is 7.55. The molecule has 1 aromatic heterocycles. The zero-order valence-electron chi connectivity index (χ0n) is 10.6. The third-order valence-corrected chi connectivity index (χ3v) is 7.17. The average molecular weight is 326 g/mol. The van der Waals surface area contributed by atoms with Gasteiger partial charge in [-0.2, -0.15) is 0 Å². The molecule has 1 nitrogen and oxygen atoms in total. The highest BCUT2D eigenvalue weighted by Crippen LogP contribution is 2.58. The number of hydrogen-bond acceptors (Lipinski definition) is 2.